The monoisotopic (exact) mass is 165 g/mol. The first-order chi connectivity index (χ1) is 4.06. The van der Waals surface area contributed by atoms with Gasteiger partial charge in [-0.1, -0.05) is 19.8 Å². The Kier molecular flexibility index (Phi) is 7.07. The Morgan fingerprint density at radius 2 is 1.80 bits per heavy atom. The maximum Gasteiger partial charge on any atom is 0.209 e. The lowest BCUT2D eigenvalue weighted by molar-refractivity contribution is 0.592. The average molecular weight is 165 g/mol. The molecule has 10 heavy (non-hydrogen) atoms. The lowest BCUT2D eigenvalue weighted by atomic mass is 10.3. The molecule has 0 aliphatic carbocycles. The van der Waals surface area contributed by atoms with Gasteiger partial charge in [-0.25, -0.2) is 13.6 Å². The van der Waals surface area contributed by atoms with E-state index in [2.05, 4.69) is 0 Å². The zero-order chi connectivity index (χ0) is 7.33. The molecule has 0 heterocycles. The standard InChI is InChI=1S/C5H13NO2S.N/c1-2-3-4-5-9(6,7)8;/h2-5H2,1H3,(H2,6,7,8);. The number of primary sulfonamides is 1. The van der Waals surface area contributed by atoms with E-state index < -0.39 is 10.0 Å². The molecule has 0 saturated carbocycles. The molecule has 0 spiro atoms. The van der Waals surface area contributed by atoms with E-state index in [1.54, 1.807) is 0 Å². The van der Waals surface area contributed by atoms with Gasteiger partial charge in [0.2, 0.25) is 10.0 Å². The molecule has 3 radical (unpaired) electrons. The van der Waals surface area contributed by atoms with Crippen LogP contribution in [0, 0.1) is 0 Å². The second-order valence-electron chi connectivity index (χ2n) is 2.07. The van der Waals surface area contributed by atoms with Crippen LogP contribution in [0.5, 0.6) is 0 Å². The molecule has 2 N–H and O–H groups in total. The number of unbranched alkanes of at least 4 members (excludes halogenated alkanes) is 2. The normalized spacial score (nSPS) is 10.6. The van der Waals surface area contributed by atoms with Crippen LogP contribution in [-0.2, 0) is 10.0 Å². The van der Waals surface area contributed by atoms with Crippen molar-refractivity contribution in [3.63, 3.8) is 0 Å². The second-order valence-corrected chi connectivity index (χ2v) is 3.81. The summed E-state index contributed by atoms with van der Waals surface area (Å²) in [6.07, 6.45) is 2.65. The molecule has 0 atom stereocenters. The van der Waals surface area contributed by atoms with E-state index >= 15 is 0 Å². The summed E-state index contributed by atoms with van der Waals surface area (Å²) in [6.45, 7) is 2.02. The Balaban J connectivity index is 0. The Morgan fingerprint density at radius 1 is 1.30 bits per heavy atom. The van der Waals surface area contributed by atoms with E-state index in [9.17, 15) is 8.42 Å². The first-order valence-electron chi connectivity index (χ1n) is 3.06. The van der Waals surface area contributed by atoms with Gasteiger partial charge in [-0.15, -0.1) is 0 Å². The summed E-state index contributed by atoms with van der Waals surface area (Å²) in [5.74, 6) is 0.126. The molecule has 5 heteroatoms. The van der Waals surface area contributed by atoms with Crippen LogP contribution in [0.1, 0.15) is 26.2 Å². The molecule has 0 aromatic heterocycles. The minimum Gasteiger partial charge on any atom is -0.229 e. The predicted octanol–water partition coefficient (Wildman–Crippen LogP) is -0.0155. The molecule has 0 fully saturated rings. The van der Waals surface area contributed by atoms with Crippen LogP contribution < -0.4 is 11.3 Å². The van der Waals surface area contributed by atoms with Gasteiger partial charge in [0, 0.05) is 6.15 Å². The molecule has 0 unspecified atom stereocenters. The van der Waals surface area contributed by atoms with Crippen molar-refractivity contribution in [2.24, 2.45) is 5.14 Å². The van der Waals surface area contributed by atoms with Gasteiger partial charge >= 0.3 is 0 Å². The minimum atomic E-state index is -3.20. The summed E-state index contributed by atoms with van der Waals surface area (Å²) < 4.78 is 20.6. The number of hydrogen-bond acceptors (Lipinski definition) is 2. The van der Waals surface area contributed by atoms with Crippen molar-refractivity contribution in [3.05, 3.63) is 0 Å². The fourth-order valence-corrected chi connectivity index (χ4v) is 1.16. The van der Waals surface area contributed by atoms with Crippen LogP contribution in [0.15, 0.2) is 0 Å². The molecule has 0 amide bonds. The molecule has 61 valence electrons. The fraction of sp³-hybridized carbons (Fsp3) is 1.00. The number of nitrogens with two attached hydrogens (primary N) is 1. The van der Waals surface area contributed by atoms with Crippen LogP contribution in [0.3, 0.4) is 0 Å². The van der Waals surface area contributed by atoms with Crippen LogP contribution in [0.25, 0.3) is 0 Å². The summed E-state index contributed by atoms with van der Waals surface area (Å²) in [4.78, 5) is 0. The molecule has 0 aliphatic rings. The van der Waals surface area contributed by atoms with Crippen LogP contribution in [0.4, 0.5) is 0 Å². The predicted molar refractivity (Wildman–Crippen MR) is 39.6 cm³/mol. The van der Waals surface area contributed by atoms with Crippen LogP contribution in [-0.4, -0.2) is 14.2 Å². The molecule has 0 bridgehead atoms. The zero-order valence-electron chi connectivity index (χ0n) is 6.08. The van der Waals surface area contributed by atoms with E-state index in [1.165, 1.54) is 0 Å². The van der Waals surface area contributed by atoms with Gasteiger partial charge in [-0.3, -0.25) is 0 Å². The summed E-state index contributed by atoms with van der Waals surface area (Å²) in [7, 11) is -3.20. The third kappa shape index (κ3) is 10.8. The maximum absolute atomic E-state index is 10.3. The van der Waals surface area contributed by atoms with E-state index in [0.29, 0.717) is 6.42 Å². The number of hydrogen-bond donors (Lipinski definition) is 1. The number of sulfonamides is 1. The van der Waals surface area contributed by atoms with Crippen molar-refractivity contribution in [1.29, 1.82) is 0 Å². The Hall–Kier alpha value is -0.130. The van der Waals surface area contributed by atoms with Crippen molar-refractivity contribution in [2.45, 2.75) is 26.2 Å². The summed E-state index contributed by atoms with van der Waals surface area (Å²) in [6, 6.07) is 0. The average Bonchev–Trinajstić information content (AvgIpc) is 1.63. The molecular weight excluding hydrogens is 152 g/mol. The number of rotatable bonds is 4. The van der Waals surface area contributed by atoms with Gasteiger partial charge in [0.25, 0.3) is 0 Å². The molecule has 0 aromatic carbocycles. The van der Waals surface area contributed by atoms with Crippen molar-refractivity contribution in [2.75, 3.05) is 5.75 Å². The molecule has 0 aliphatic heterocycles. The Labute approximate surface area is 62.4 Å². The molecular formula is C5H13N2O2S. The SMILES string of the molecule is CCCCCS(N)(=O)=O.[N]. The fourth-order valence-electron chi connectivity index (χ4n) is 0.553. The van der Waals surface area contributed by atoms with E-state index in [1.807, 2.05) is 6.92 Å². The lowest BCUT2D eigenvalue weighted by Crippen LogP contribution is -2.16. The highest BCUT2D eigenvalue weighted by Gasteiger charge is 1.99. The third-order valence-corrected chi connectivity index (χ3v) is 1.89. The van der Waals surface area contributed by atoms with E-state index in [-0.39, 0.29) is 11.9 Å². The quantitative estimate of drug-likeness (QED) is 0.593. The zero-order valence-corrected chi connectivity index (χ0v) is 6.89. The lowest BCUT2D eigenvalue weighted by Gasteiger charge is -1.94. The molecule has 0 saturated heterocycles. The van der Waals surface area contributed by atoms with Crippen LogP contribution in [0.2, 0.25) is 0 Å². The van der Waals surface area contributed by atoms with E-state index in [0.717, 1.165) is 12.8 Å². The number of nitrogens with zero attached hydrogens (tertiary/aromatic N) is 1. The smallest absolute Gasteiger partial charge is 0.209 e. The molecule has 0 rings (SSSR count). The van der Waals surface area contributed by atoms with Crippen LogP contribution >= 0.6 is 0 Å². The summed E-state index contributed by atoms with van der Waals surface area (Å²) >= 11 is 0. The van der Waals surface area contributed by atoms with Gasteiger partial charge in [0.1, 0.15) is 0 Å². The molecule has 4 nitrogen and oxygen atoms in total. The first kappa shape index (κ1) is 12.5. The summed E-state index contributed by atoms with van der Waals surface area (Å²) in [5, 5.41) is 4.75. The summed E-state index contributed by atoms with van der Waals surface area (Å²) in [5.41, 5.74) is 0. The highest BCUT2D eigenvalue weighted by Crippen LogP contribution is 1.94. The minimum absolute atomic E-state index is 0. The largest absolute Gasteiger partial charge is 0.229 e. The topological polar surface area (TPSA) is 90.7 Å². The highest BCUT2D eigenvalue weighted by atomic mass is 32.2. The van der Waals surface area contributed by atoms with Crippen molar-refractivity contribution >= 4 is 10.0 Å². The maximum atomic E-state index is 10.3. The van der Waals surface area contributed by atoms with Crippen molar-refractivity contribution in [3.8, 4) is 0 Å². The van der Waals surface area contributed by atoms with Gasteiger partial charge in [-0.05, 0) is 6.42 Å². The Bertz CT molecular complexity index is 153. The third-order valence-electron chi connectivity index (χ3n) is 1.03. The van der Waals surface area contributed by atoms with Gasteiger partial charge in [0.15, 0.2) is 0 Å². The first-order valence-corrected chi connectivity index (χ1v) is 4.78. The van der Waals surface area contributed by atoms with Gasteiger partial charge < -0.3 is 0 Å². The Morgan fingerprint density at radius 3 is 2.10 bits per heavy atom. The van der Waals surface area contributed by atoms with Crippen molar-refractivity contribution < 1.29 is 8.42 Å². The van der Waals surface area contributed by atoms with Gasteiger partial charge in [-0.2, -0.15) is 0 Å². The second kappa shape index (κ2) is 5.64. The van der Waals surface area contributed by atoms with Gasteiger partial charge in [0.05, 0.1) is 5.75 Å². The molecule has 0 aromatic rings. The van der Waals surface area contributed by atoms with E-state index in [4.69, 9.17) is 5.14 Å². The van der Waals surface area contributed by atoms with Crippen molar-refractivity contribution in [1.82, 2.24) is 6.15 Å². The highest BCUT2D eigenvalue weighted by molar-refractivity contribution is 7.89.